The molecule has 224 valence electrons. The Balaban J connectivity index is 1.90. The highest BCUT2D eigenvalue weighted by Crippen LogP contribution is 2.41. The van der Waals surface area contributed by atoms with Crippen LogP contribution in [0.25, 0.3) is 6.08 Å². The minimum absolute atomic E-state index is 0.136. The zero-order valence-corrected chi connectivity index (χ0v) is 28.1. The van der Waals surface area contributed by atoms with E-state index in [0.717, 1.165) is 12.8 Å². The first-order valence-corrected chi connectivity index (χ1v) is 15.2. The molecule has 0 radical (unpaired) electrons. The third kappa shape index (κ3) is 11.5. The van der Waals surface area contributed by atoms with E-state index in [1.54, 1.807) is 0 Å². The minimum atomic E-state index is 0.136. The van der Waals surface area contributed by atoms with Crippen LogP contribution in [0.5, 0.6) is 0 Å². The standard InChI is InChI=1S/C41H54O/c1-30(18-14-20-32(3)22-25-38-26-24-34(5)36(7)37(38)8)16-12-13-17-31(2)19-15-21-33(4)23-27-40-35(6)28-39(42-11)29-41(40,9)10/h12-27,39H,28-29H2,1-11H3. The minimum Gasteiger partial charge on any atom is -0.381 e. The van der Waals surface area contributed by atoms with Gasteiger partial charge in [-0.05, 0) is 101 Å². The average Bonchev–Trinajstić information content (AvgIpc) is 2.92. The van der Waals surface area contributed by atoms with Gasteiger partial charge in [0.25, 0.3) is 0 Å². The van der Waals surface area contributed by atoms with Gasteiger partial charge in [0.2, 0.25) is 0 Å². The molecule has 0 bridgehead atoms. The summed E-state index contributed by atoms with van der Waals surface area (Å²) < 4.78 is 5.64. The molecule has 0 N–H and O–H groups in total. The fourth-order valence-electron chi connectivity index (χ4n) is 5.25. The number of methoxy groups -OCH3 is 1. The zero-order chi connectivity index (χ0) is 31.3. The van der Waals surface area contributed by atoms with Crippen LogP contribution in [0.3, 0.4) is 0 Å². The maximum Gasteiger partial charge on any atom is 0.0616 e. The smallest absolute Gasteiger partial charge is 0.0616 e. The van der Waals surface area contributed by atoms with Gasteiger partial charge in [0.05, 0.1) is 6.10 Å². The van der Waals surface area contributed by atoms with Crippen molar-refractivity contribution in [3.63, 3.8) is 0 Å². The normalized spacial score (nSPS) is 19.6. The molecule has 0 saturated carbocycles. The predicted octanol–water partition coefficient (Wildman–Crippen LogP) is 11.8. The topological polar surface area (TPSA) is 9.23 Å². The summed E-state index contributed by atoms with van der Waals surface area (Å²) in [5.41, 5.74) is 13.3. The Morgan fingerprint density at radius 2 is 1.19 bits per heavy atom. The summed E-state index contributed by atoms with van der Waals surface area (Å²) in [7, 11) is 1.82. The van der Waals surface area contributed by atoms with Gasteiger partial charge in [0.1, 0.15) is 0 Å². The molecule has 0 saturated heterocycles. The Labute approximate surface area is 257 Å². The van der Waals surface area contributed by atoms with Crippen LogP contribution in [-0.4, -0.2) is 13.2 Å². The van der Waals surface area contributed by atoms with Crippen molar-refractivity contribution < 1.29 is 4.74 Å². The molecular formula is C41H54O. The van der Waals surface area contributed by atoms with Gasteiger partial charge in [0.15, 0.2) is 0 Å². The molecule has 0 aromatic heterocycles. The molecule has 42 heavy (non-hydrogen) atoms. The van der Waals surface area contributed by atoms with Gasteiger partial charge in [-0.25, -0.2) is 0 Å². The van der Waals surface area contributed by atoms with E-state index in [2.05, 4.69) is 166 Å². The van der Waals surface area contributed by atoms with E-state index in [9.17, 15) is 0 Å². The summed E-state index contributed by atoms with van der Waals surface area (Å²) >= 11 is 0. The highest BCUT2D eigenvalue weighted by molar-refractivity contribution is 5.59. The number of allylic oxidation sites excluding steroid dienone is 18. The number of aryl methyl sites for hydroxylation is 1. The second-order valence-electron chi connectivity index (χ2n) is 12.5. The largest absolute Gasteiger partial charge is 0.381 e. The summed E-state index contributed by atoms with van der Waals surface area (Å²) in [6.07, 6.45) is 32.6. The van der Waals surface area contributed by atoms with Crippen LogP contribution in [0.1, 0.15) is 83.6 Å². The van der Waals surface area contributed by atoms with Crippen molar-refractivity contribution >= 4 is 6.08 Å². The van der Waals surface area contributed by atoms with Gasteiger partial charge in [-0.1, -0.05) is 139 Å². The molecule has 0 fully saturated rings. The van der Waals surface area contributed by atoms with Crippen molar-refractivity contribution in [2.45, 2.75) is 88.2 Å². The Morgan fingerprint density at radius 3 is 1.71 bits per heavy atom. The van der Waals surface area contributed by atoms with E-state index in [1.807, 2.05) is 7.11 Å². The lowest BCUT2D eigenvalue weighted by molar-refractivity contribution is 0.0627. The maximum atomic E-state index is 5.64. The molecule has 1 heteroatoms. The van der Waals surface area contributed by atoms with Crippen LogP contribution in [0.2, 0.25) is 0 Å². The van der Waals surface area contributed by atoms with Gasteiger partial charge in [0, 0.05) is 7.11 Å². The van der Waals surface area contributed by atoms with Crippen LogP contribution >= 0.6 is 0 Å². The molecule has 0 heterocycles. The average molecular weight is 563 g/mol. The Kier molecular flexibility index (Phi) is 14.0. The number of rotatable bonds is 11. The first kappa shape index (κ1) is 34.8. The number of hydrogen-bond donors (Lipinski definition) is 0. The summed E-state index contributed by atoms with van der Waals surface area (Å²) in [4.78, 5) is 0. The van der Waals surface area contributed by atoms with Crippen LogP contribution in [0.4, 0.5) is 0 Å². The molecule has 1 nitrogen and oxygen atoms in total. The molecule has 0 amide bonds. The lowest BCUT2D eigenvalue weighted by Gasteiger charge is -2.37. The van der Waals surface area contributed by atoms with E-state index in [-0.39, 0.29) is 5.41 Å². The van der Waals surface area contributed by atoms with E-state index in [1.165, 1.54) is 55.7 Å². The van der Waals surface area contributed by atoms with E-state index in [4.69, 9.17) is 4.74 Å². The van der Waals surface area contributed by atoms with Crippen molar-refractivity contribution in [2.75, 3.05) is 7.11 Å². The quantitative estimate of drug-likeness (QED) is 0.244. The highest BCUT2D eigenvalue weighted by atomic mass is 16.5. The molecule has 1 aliphatic rings. The molecule has 0 spiro atoms. The van der Waals surface area contributed by atoms with Crippen molar-refractivity contribution in [2.24, 2.45) is 5.41 Å². The summed E-state index contributed by atoms with van der Waals surface area (Å²) in [5.74, 6) is 0. The molecule has 1 aromatic rings. The first-order chi connectivity index (χ1) is 19.8. The maximum absolute atomic E-state index is 5.64. The Morgan fingerprint density at radius 1 is 0.690 bits per heavy atom. The molecule has 1 unspecified atom stereocenters. The van der Waals surface area contributed by atoms with Crippen LogP contribution in [0.15, 0.2) is 125 Å². The molecule has 2 rings (SSSR count). The van der Waals surface area contributed by atoms with E-state index in [0.29, 0.717) is 6.10 Å². The fraction of sp³-hybridized carbons (Fsp3) is 0.366. The summed E-state index contributed by atoms with van der Waals surface area (Å²) in [5, 5.41) is 0. The zero-order valence-electron chi connectivity index (χ0n) is 28.1. The van der Waals surface area contributed by atoms with Gasteiger partial charge < -0.3 is 4.74 Å². The van der Waals surface area contributed by atoms with E-state index >= 15 is 0 Å². The number of hydrogen-bond acceptors (Lipinski definition) is 1. The van der Waals surface area contributed by atoms with E-state index < -0.39 is 0 Å². The van der Waals surface area contributed by atoms with Crippen molar-refractivity contribution in [1.29, 1.82) is 0 Å². The summed E-state index contributed by atoms with van der Waals surface area (Å²) in [6, 6.07) is 4.40. The number of ether oxygens (including phenoxy) is 1. The molecule has 1 atom stereocenters. The van der Waals surface area contributed by atoms with Gasteiger partial charge >= 0.3 is 0 Å². The molecular weight excluding hydrogens is 508 g/mol. The third-order valence-corrected chi connectivity index (χ3v) is 8.20. The number of benzene rings is 1. The molecule has 0 aliphatic heterocycles. The highest BCUT2D eigenvalue weighted by Gasteiger charge is 2.32. The van der Waals surface area contributed by atoms with Crippen LogP contribution in [-0.2, 0) is 4.74 Å². The fourth-order valence-corrected chi connectivity index (χ4v) is 5.25. The second kappa shape index (κ2) is 16.9. The SMILES string of the molecule is COC1CC(C)=C(C=CC(C)=CC=CC(C)=CC=CC=C(C)C=CC=C(C)C=Cc2ccc(C)c(C)c2C)C(C)(C)C1. The lowest BCUT2D eigenvalue weighted by Crippen LogP contribution is -2.29. The first-order valence-electron chi connectivity index (χ1n) is 15.2. The van der Waals surface area contributed by atoms with Gasteiger partial charge in [-0.15, -0.1) is 0 Å². The third-order valence-electron chi connectivity index (χ3n) is 8.20. The van der Waals surface area contributed by atoms with Crippen molar-refractivity contribution in [3.8, 4) is 0 Å². The van der Waals surface area contributed by atoms with Crippen molar-refractivity contribution in [3.05, 3.63) is 147 Å². The van der Waals surface area contributed by atoms with Crippen LogP contribution < -0.4 is 0 Å². The van der Waals surface area contributed by atoms with Gasteiger partial charge in [-0.2, -0.15) is 0 Å². The molecule has 1 aromatic carbocycles. The lowest BCUT2D eigenvalue weighted by atomic mass is 9.71. The Hall–Kier alpha value is -3.42. The van der Waals surface area contributed by atoms with Crippen molar-refractivity contribution in [1.82, 2.24) is 0 Å². The predicted molar refractivity (Wildman–Crippen MR) is 188 cm³/mol. The van der Waals surface area contributed by atoms with Gasteiger partial charge in [-0.3, -0.25) is 0 Å². The molecule has 1 aliphatic carbocycles. The Bertz CT molecular complexity index is 1390. The summed E-state index contributed by atoms with van der Waals surface area (Å²) in [6.45, 7) is 22.0. The second-order valence-corrected chi connectivity index (χ2v) is 12.5. The monoisotopic (exact) mass is 562 g/mol. The van der Waals surface area contributed by atoms with Crippen LogP contribution in [0, 0.1) is 26.2 Å².